The smallest absolute Gasteiger partial charge is 0.115 e. The second-order valence-electron chi connectivity index (χ2n) is 3.52. The van der Waals surface area contributed by atoms with Crippen LogP contribution in [0.2, 0.25) is 0 Å². The lowest BCUT2D eigenvalue weighted by Crippen LogP contribution is -2.51. The molecule has 0 aromatic heterocycles. The number of hydrogen-bond donors (Lipinski definition) is 1. The van der Waals surface area contributed by atoms with E-state index in [0.29, 0.717) is 19.6 Å². The van der Waals surface area contributed by atoms with Crippen molar-refractivity contribution in [1.29, 1.82) is 0 Å². The van der Waals surface area contributed by atoms with Gasteiger partial charge in [0.05, 0.1) is 13.2 Å². The summed E-state index contributed by atoms with van der Waals surface area (Å²) in [6, 6.07) is 7.99. The normalized spacial score (nSPS) is 19.5. The molecule has 1 fully saturated rings. The molecule has 0 spiro atoms. The van der Waals surface area contributed by atoms with Crippen molar-refractivity contribution in [3.63, 3.8) is 0 Å². The van der Waals surface area contributed by atoms with E-state index in [9.17, 15) is 5.11 Å². The molecule has 0 atom stereocenters. The summed E-state index contributed by atoms with van der Waals surface area (Å²) in [5.41, 5.74) is 0.515. The minimum atomic E-state index is -0.624. The zero-order valence-electron chi connectivity index (χ0n) is 7.16. The van der Waals surface area contributed by atoms with Gasteiger partial charge in [-0.3, -0.25) is 0 Å². The minimum Gasteiger partial charge on any atom is -0.385 e. The first kappa shape index (κ1) is 9.19. The fourth-order valence-corrected chi connectivity index (χ4v) is 1.91. The van der Waals surface area contributed by atoms with Crippen LogP contribution in [0.1, 0.15) is 5.56 Å². The molecule has 0 amide bonds. The summed E-state index contributed by atoms with van der Waals surface area (Å²) in [6.07, 6.45) is 0.673. The second kappa shape index (κ2) is 3.40. The summed E-state index contributed by atoms with van der Waals surface area (Å²) in [5, 5.41) is 9.81. The second-order valence-corrected chi connectivity index (χ2v) is 4.44. The number of hydrogen-bond acceptors (Lipinski definition) is 2. The third-order valence-corrected chi connectivity index (χ3v) is 2.66. The van der Waals surface area contributed by atoms with E-state index < -0.39 is 5.60 Å². The van der Waals surface area contributed by atoms with E-state index in [2.05, 4.69) is 15.9 Å². The summed E-state index contributed by atoms with van der Waals surface area (Å²) in [4.78, 5) is 0. The van der Waals surface area contributed by atoms with Gasteiger partial charge in [-0.05, 0) is 17.7 Å². The monoisotopic (exact) mass is 242 g/mol. The Morgan fingerprint density at radius 2 is 2.23 bits per heavy atom. The maximum absolute atomic E-state index is 9.81. The van der Waals surface area contributed by atoms with Gasteiger partial charge < -0.3 is 9.84 Å². The third-order valence-electron chi connectivity index (χ3n) is 2.16. The maximum atomic E-state index is 9.81. The predicted molar refractivity (Wildman–Crippen MR) is 53.6 cm³/mol. The average Bonchev–Trinajstić information content (AvgIpc) is 2.01. The topological polar surface area (TPSA) is 29.5 Å². The Hall–Kier alpha value is -0.380. The van der Waals surface area contributed by atoms with Crippen molar-refractivity contribution in [2.45, 2.75) is 12.0 Å². The number of halogens is 1. The van der Waals surface area contributed by atoms with E-state index >= 15 is 0 Å². The van der Waals surface area contributed by atoms with E-state index in [4.69, 9.17) is 4.74 Å². The van der Waals surface area contributed by atoms with Crippen LogP contribution in [0.5, 0.6) is 0 Å². The Morgan fingerprint density at radius 3 is 2.77 bits per heavy atom. The lowest BCUT2D eigenvalue weighted by molar-refractivity contribution is -0.176. The van der Waals surface area contributed by atoms with Crippen molar-refractivity contribution in [3.05, 3.63) is 34.3 Å². The minimum absolute atomic E-state index is 0.458. The molecule has 3 heteroatoms. The third kappa shape index (κ3) is 2.10. The van der Waals surface area contributed by atoms with Gasteiger partial charge in [0, 0.05) is 10.9 Å². The van der Waals surface area contributed by atoms with Crippen LogP contribution in [0, 0.1) is 0 Å². The van der Waals surface area contributed by atoms with Crippen molar-refractivity contribution in [1.82, 2.24) is 0 Å². The Morgan fingerprint density at radius 1 is 1.46 bits per heavy atom. The van der Waals surface area contributed by atoms with E-state index in [1.807, 2.05) is 24.3 Å². The molecule has 0 unspecified atom stereocenters. The standard InChI is InChI=1S/C10H11BrO2/c11-9-3-1-2-8(4-9)5-10(12)6-13-7-10/h1-4,12H,5-7H2. The molecular formula is C10H11BrO2. The molecule has 1 aliphatic heterocycles. The molecule has 2 rings (SSSR count). The molecule has 0 saturated carbocycles. The summed E-state index contributed by atoms with van der Waals surface area (Å²) in [7, 11) is 0. The summed E-state index contributed by atoms with van der Waals surface area (Å²) in [5.74, 6) is 0. The number of aliphatic hydroxyl groups is 1. The Labute approximate surface area is 85.7 Å². The van der Waals surface area contributed by atoms with Crippen LogP contribution in [0.15, 0.2) is 28.7 Å². The average molecular weight is 243 g/mol. The maximum Gasteiger partial charge on any atom is 0.115 e. The number of rotatable bonds is 2. The molecule has 70 valence electrons. The first-order valence-corrected chi connectivity index (χ1v) is 5.02. The van der Waals surface area contributed by atoms with E-state index in [0.717, 1.165) is 10.0 Å². The first-order valence-electron chi connectivity index (χ1n) is 4.23. The van der Waals surface area contributed by atoms with Gasteiger partial charge >= 0.3 is 0 Å². The summed E-state index contributed by atoms with van der Waals surface area (Å²) in [6.45, 7) is 0.916. The van der Waals surface area contributed by atoms with Crippen molar-refractivity contribution in [2.75, 3.05) is 13.2 Å². The molecule has 1 aromatic rings. The lowest BCUT2D eigenvalue weighted by atomic mass is 9.93. The lowest BCUT2D eigenvalue weighted by Gasteiger charge is -2.36. The van der Waals surface area contributed by atoms with Crippen LogP contribution in [-0.2, 0) is 11.2 Å². The van der Waals surface area contributed by atoms with Crippen molar-refractivity contribution in [2.24, 2.45) is 0 Å². The van der Waals surface area contributed by atoms with E-state index in [1.54, 1.807) is 0 Å². The van der Waals surface area contributed by atoms with Crippen LogP contribution >= 0.6 is 15.9 Å². The highest BCUT2D eigenvalue weighted by Gasteiger charge is 2.35. The van der Waals surface area contributed by atoms with E-state index in [-0.39, 0.29) is 0 Å². The number of benzene rings is 1. The Bertz CT molecular complexity index is 308. The van der Waals surface area contributed by atoms with Gasteiger partial charge in [-0.15, -0.1) is 0 Å². The zero-order chi connectivity index (χ0) is 9.31. The van der Waals surface area contributed by atoms with E-state index in [1.165, 1.54) is 0 Å². The zero-order valence-corrected chi connectivity index (χ0v) is 8.75. The molecule has 0 bridgehead atoms. The van der Waals surface area contributed by atoms with Crippen molar-refractivity contribution >= 4 is 15.9 Å². The highest BCUT2D eigenvalue weighted by Crippen LogP contribution is 2.23. The highest BCUT2D eigenvalue weighted by molar-refractivity contribution is 9.10. The summed E-state index contributed by atoms with van der Waals surface area (Å²) < 4.78 is 6.03. The molecule has 1 aliphatic rings. The molecule has 1 N–H and O–H groups in total. The van der Waals surface area contributed by atoms with Gasteiger partial charge in [-0.1, -0.05) is 28.1 Å². The van der Waals surface area contributed by atoms with Crippen LogP contribution in [0.25, 0.3) is 0 Å². The van der Waals surface area contributed by atoms with Gasteiger partial charge in [-0.25, -0.2) is 0 Å². The SMILES string of the molecule is OC1(Cc2cccc(Br)c2)COC1. The fraction of sp³-hybridized carbons (Fsp3) is 0.400. The molecule has 0 radical (unpaired) electrons. The van der Waals surface area contributed by atoms with Crippen LogP contribution in [-0.4, -0.2) is 23.9 Å². The summed E-state index contributed by atoms with van der Waals surface area (Å²) >= 11 is 3.40. The quantitative estimate of drug-likeness (QED) is 0.857. The van der Waals surface area contributed by atoms with Crippen LogP contribution in [0.4, 0.5) is 0 Å². The predicted octanol–water partition coefficient (Wildman–Crippen LogP) is 1.75. The van der Waals surface area contributed by atoms with Gasteiger partial charge in [0.15, 0.2) is 0 Å². The Balaban J connectivity index is 2.09. The molecule has 1 heterocycles. The van der Waals surface area contributed by atoms with Gasteiger partial charge in [0.1, 0.15) is 5.60 Å². The fourth-order valence-electron chi connectivity index (χ4n) is 1.47. The number of ether oxygens (including phenoxy) is 1. The van der Waals surface area contributed by atoms with Crippen molar-refractivity contribution < 1.29 is 9.84 Å². The van der Waals surface area contributed by atoms with Crippen molar-refractivity contribution in [3.8, 4) is 0 Å². The molecule has 13 heavy (non-hydrogen) atoms. The van der Waals surface area contributed by atoms with Gasteiger partial charge in [-0.2, -0.15) is 0 Å². The molecule has 0 aliphatic carbocycles. The van der Waals surface area contributed by atoms with Crippen LogP contribution < -0.4 is 0 Å². The van der Waals surface area contributed by atoms with Gasteiger partial charge in [0.2, 0.25) is 0 Å². The molecule has 1 saturated heterocycles. The van der Waals surface area contributed by atoms with Gasteiger partial charge in [0.25, 0.3) is 0 Å². The molecular weight excluding hydrogens is 232 g/mol. The highest BCUT2D eigenvalue weighted by atomic mass is 79.9. The molecule has 1 aromatic carbocycles. The largest absolute Gasteiger partial charge is 0.385 e. The molecule has 2 nitrogen and oxygen atoms in total. The first-order chi connectivity index (χ1) is 6.18. The van der Waals surface area contributed by atoms with Crippen LogP contribution in [0.3, 0.4) is 0 Å². The Kier molecular flexibility index (Phi) is 2.41.